The van der Waals surface area contributed by atoms with Gasteiger partial charge in [0, 0.05) is 5.69 Å². The molecule has 1 aromatic heterocycles. The van der Waals surface area contributed by atoms with Gasteiger partial charge in [-0.2, -0.15) is 0 Å². The van der Waals surface area contributed by atoms with Crippen molar-refractivity contribution in [3.63, 3.8) is 0 Å². The van der Waals surface area contributed by atoms with Crippen molar-refractivity contribution in [3.05, 3.63) is 48.0 Å². The number of benzene rings is 2. The van der Waals surface area contributed by atoms with E-state index in [1.54, 1.807) is 52.1 Å². The number of methoxy groups -OCH3 is 1. The molecule has 2 N–H and O–H groups in total. The van der Waals surface area contributed by atoms with Crippen molar-refractivity contribution < 1.29 is 19.1 Å². The van der Waals surface area contributed by atoms with Crippen molar-refractivity contribution in [2.75, 3.05) is 17.7 Å². The second-order valence-corrected chi connectivity index (χ2v) is 8.43. The predicted octanol–water partition coefficient (Wildman–Crippen LogP) is 4.83. The first-order chi connectivity index (χ1) is 13.7. The maximum atomic E-state index is 12.3. The van der Waals surface area contributed by atoms with Crippen molar-refractivity contribution in [2.24, 2.45) is 0 Å². The van der Waals surface area contributed by atoms with Gasteiger partial charge in [-0.15, -0.1) is 0 Å². The van der Waals surface area contributed by atoms with Crippen LogP contribution in [0.2, 0.25) is 0 Å². The zero-order valence-corrected chi connectivity index (χ0v) is 17.6. The molecule has 3 rings (SSSR count). The Hall–Kier alpha value is -3.13. The third-order valence-electron chi connectivity index (χ3n) is 3.81. The maximum Gasteiger partial charge on any atom is 0.412 e. The van der Waals surface area contributed by atoms with Crippen molar-refractivity contribution in [2.45, 2.75) is 32.8 Å². The molecule has 0 saturated carbocycles. The number of carbonyl (C=O) groups excluding carboxylic acids is 2. The molecular weight excluding hydrogens is 390 g/mol. The van der Waals surface area contributed by atoms with Gasteiger partial charge in [-0.05, 0) is 56.7 Å². The first-order valence-corrected chi connectivity index (χ1v) is 9.87. The number of nitrogens with zero attached hydrogens (tertiary/aromatic N) is 1. The maximum absolute atomic E-state index is 12.3. The van der Waals surface area contributed by atoms with Gasteiger partial charge in [0.05, 0.1) is 23.7 Å². The zero-order chi connectivity index (χ0) is 21.0. The zero-order valence-electron chi connectivity index (χ0n) is 16.7. The lowest BCUT2D eigenvalue weighted by molar-refractivity contribution is -0.115. The van der Waals surface area contributed by atoms with Crippen molar-refractivity contribution >= 4 is 44.4 Å². The summed E-state index contributed by atoms with van der Waals surface area (Å²) in [7, 11) is 1.61. The van der Waals surface area contributed by atoms with E-state index >= 15 is 0 Å². The van der Waals surface area contributed by atoms with Crippen molar-refractivity contribution in [1.29, 1.82) is 0 Å². The molecule has 2 aromatic carbocycles. The number of thiazole rings is 1. The van der Waals surface area contributed by atoms with E-state index < -0.39 is 11.7 Å². The van der Waals surface area contributed by atoms with Crippen LogP contribution in [0.1, 0.15) is 26.3 Å². The molecule has 0 saturated heterocycles. The highest BCUT2D eigenvalue weighted by Gasteiger charge is 2.16. The van der Waals surface area contributed by atoms with Crippen LogP contribution in [0.5, 0.6) is 5.75 Å². The van der Waals surface area contributed by atoms with Gasteiger partial charge in [-0.3, -0.25) is 10.1 Å². The number of amides is 2. The summed E-state index contributed by atoms with van der Waals surface area (Å²) in [4.78, 5) is 28.6. The highest BCUT2D eigenvalue weighted by atomic mass is 32.1. The minimum absolute atomic E-state index is 0.163. The molecule has 7 nitrogen and oxygen atoms in total. The minimum atomic E-state index is -0.562. The fourth-order valence-electron chi connectivity index (χ4n) is 2.56. The summed E-state index contributed by atoms with van der Waals surface area (Å²) in [5.74, 6) is 0.586. The van der Waals surface area contributed by atoms with Gasteiger partial charge in [-0.1, -0.05) is 23.5 Å². The molecule has 2 amide bonds. The predicted molar refractivity (Wildman–Crippen MR) is 115 cm³/mol. The molecule has 0 bridgehead atoms. The summed E-state index contributed by atoms with van der Waals surface area (Å²) in [6, 6.07) is 12.6. The van der Waals surface area contributed by atoms with Crippen LogP contribution >= 0.6 is 11.3 Å². The van der Waals surface area contributed by atoms with Crippen LogP contribution in [-0.2, 0) is 16.0 Å². The number of carbonyl (C=O) groups is 2. The third kappa shape index (κ3) is 5.92. The molecule has 3 aromatic rings. The lowest BCUT2D eigenvalue weighted by Gasteiger charge is -2.19. The standard InChI is InChI=1S/C21H23N3O4S/c1-21(2,3)28-20(26)22-14-7-5-13(6-8-14)11-18(25)24-19-23-16-10-9-15(27-4)12-17(16)29-19/h5-10,12H,11H2,1-4H3,(H,22,26)(H,23,24,25). The van der Waals surface area contributed by atoms with Crippen LogP contribution in [-0.4, -0.2) is 29.7 Å². The molecule has 1 heterocycles. The molecule has 0 atom stereocenters. The van der Waals surface area contributed by atoms with E-state index in [1.165, 1.54) is 11.3 Å². The second kappa shape index (κ2) is 8.48. The van der Waals surface area contributed by atoms with Crippen molar-refractivity contribution in [1.82, 2.24) is 4.98 Å². The monoisotopic (exact) mass is 413 g/mol. The first-order valence-electron chi connectivity index (χ1n) is 9.05. The quantitative estimate of drug-likeness (QED) is 0.625. The summed E-state index contributed by atoms with van der Waals surface area (Å²) in [6.07, 6.45) is -0.318. The van der Waals surface area contributed by atoms with Gasteiger partial charge >= 0.3 is 6.09 Å². The number of hydrogen-bond donors (Lipinski definition) is 2. The van der Waals surface area contributed by atoms with E-state index in [-0.39, 0.29) is 12.3 Å². The molecule has 29 heavy (non-hydrogen) atoms. The Bertz CT molecular complexity index is 1020. The Morgan fingerprint density at radius 1 is 1.07 bits per heavy atom. The fraction of sp³-hybridized carbons (Fsp3) is 0.286. The first kappa shape index (κ1) is 20.6. The highest BCUT2D eigenvalue weighted by Crippen LogP contribution is 2.29. The molecule has 0 aliphatic rings. The van der Waals surface area contributed by atoms with Crippen LogP contribution in [0.4, 0.5) is 15.6 Å². The van der Waals surface area contributed by atoms with Crippen LogP contribution in [0.25, 0.3) is 10.2 Å². The van der Waals surface area contributed by atoms with Crippen LogP contribution in [0.15, 0.2) is 42.5 Å². The fourth-order valence-corrected chi connectivity index (χ4v) is 3.47. The summed E-state index contributed by atoms with van der Waals surface area (Å²) >= 11 is 1.39. The van der Waals surface area contributed by atoms with Crippen LogP contribution in [0, 0.1) is 0 Å². The molecule has 0 unspecified atom stereocenters. The lowest BCUT2D eigenvalue weighted by atomic mass is 10.1. The van der Waals surface area contributed by atoms with Crippen LogP contribution in [0.3, 0.4) is 0 Å². The number of hydrogen-bond acceptors (Lipinski definition) is 6. The molecule has 0 aliphatic heterocycles. The summed E-state index contributed by atoms with van der Waals surface area (Å²) in [6.45, 7) is 5.41. The summed E-state index contributed by atoms with van der Waals surface area (Å²) < 4.78 is 11.4. The number of ether oxygens (including phenoxy) is 2. The lowest BCUT2D eigenvalue weighted by Crippen LogP contribution is -2.27. The molecule has 152 valence electrons. The normalized spacial score (nSPS) is 11.2. The van der Waals surface area contributed by atoms with E-state index in [2.05, 4.69) is 15.6 Å². The largest absolute Gasteiger partial charge is 0.497 e. The molecule has 0 spiro atoms. The average Bonchev–Trinajstić information content (AvgIpc) is 3.02. The van der Waals surface area contributed by atoms with E-state index in [1.807, 2.05) is 18.2 Å². The topological polar surface area (TPSA) is 89.5 Å². The summed E-state index contributed by atoms with van der Waals surface area (Å²) in [5.41, 5.74) is 1.67. The molecule has 8 heteroatoms. The highest BCUT2D eigenvalue weighted by molar-refractivity contribution is 7.22. The van der Waals surface area contributed by atoms with Gasteiger partial charge < -0.3 is 14.8 Å². The Kier molecular flexibility index (Phi) is 6.03. The number of anilines is 2. The Morgan fingerprint density at radius 2 is 1.79 bits per heavy atom. The Morgan fingerprint density at radius 3 is 2.45 bits per heavy atom. The second-order valence-electron chi connectivity index (χ2n) is 7.40. The SMILES string of the molecule is COc1ccc2nc(NC(=O)Cc3ccc(NC(=O)OC(C)(C)C)cc3)sc2c1. The van der Waals surface area contributed by atoms with Gasteiger partial charge in [0.1, 0.15) is 11.4 Å². The minimum Gasteiger partial charge on any atom is -0.497 e. The Labute approximate surface area is 173 Å². The van der Waals surface area contributed by atoms with E-state index in [9.17, 15) is 9.59 Å². The molecule has 0 fully saturated rings. The molecule has 0 aliphatic carbocycles. The smallest absolute Gasteiger partial charge is 0.412 e. The van der Waals surface area contributed by atoms with Gasteiger partial charge in [0.2, 0.25) is 5.91 Å². The van der Waals surface area contributed by atoms with E-state index in [4.69, 9.17) is 9.47 Å². The number of aromatic nitrogens is 1. The Balaban J connectivity index is 1.57. The molecule has 0 radical (unpaired) electrons. The summed E-state index contributed by atoms with van der Waals surface area (Å²) in [5, 5.41) is 6.03. The molecular formula is C21H23N3O4S. The van der Waals surface area contributed by atoms with Crippen LogP contribution < -0.4 is 15.4 Å². The van der Waals surface area contributed by atoms with Crippen molar-refractivity contribution in [3.8, 4) is 5.75 Å². The van der Waals surface area contributed by atoms with E-state index in [0.29, 0.717) is 10.8 Å². The third-order valence-corrected chi connectivity index (χ3v) is 4.74. The van der Waals surface area contributed by atoms with Gasteiger partial charge in [0.25, 0.3) is 0 Å². The number of nitrogens with one attached hydrogen (secondary N) is 2. The van der Waals surface area contributed by atoms with Gasteiger partial charge in [-0.25, -0.2) is 9.78 Å². The van der Waals surface area contributed by atoms with Gasteiger partial charge in [0.15, 0.2) is 5.13 Å². The number of rotatable bonds is 5. The number of fused-ring (bicyclic) bond motifs is 1. The van der Waals surface area contributed by atoms with E-state index in [0.717, 1.165) is 21.5 Å². The average molecular weight is 413 g/mol.